The van der Waals surface area contributed by atoms with E-state index in [4.69, 9.17) is 0 Å². The Kier molecular flexibility index (Phi) is 2.62. The van der Waals surface area contributed by atoms with Crippen molar-refractivity contribution in [1.29, 1.82) is 0 Å². The average molecular weight is 191 g/mol. The first-order chi connectivity index (χ1) is 6.77. The summed E-state index contributed by atoms with van der Waals surface area (Å²) in [4.78, 5) is 3.67. The molecule has 0 radical (unpaired) electrons. The topological polar surface area (TPSA) is 12.9 Å². The van der Waals surface area contributed by atoms with Crippen LogP contribution in [-0.4, -0.2) is 4.98 Å². The van der Waals surface area contributed by atoms with Crippen molar-refractivity contribution in [1.82, 2.24) is 4.98 Å². The van der Waals surface area contributed by atoms with Crippen molar-refractivity contribution < 1.29 is 4.39 Å². The van der Waals surface area contributed by atoms with Crippen LogP contribution in [0.2, 0.25) is 0 Å². The molecule has 0 saturated carbocycles. The fourth-order valence-electron chi connectivity index (χ4n) is 1.84. The predicted molar refractivity (Wildman–Crippen MR) is 55.2 cm³/mol. The van der Waals surface area contributed by atoms with Crippen LogP contribution in [0.5, 0.6) is 0 Å². The van der Waals surface area contributed by atoms with Crippen LogP contribution in [0, 0.1) is 11.9 Å². The fraction of sp³-hybridized carbons (Fsp3) is 0.417. The second kappa shape index (κ2) is 3.91. The third-order valence-electron chi connectivity index (χ3n) is 2.78. The lowest BCUT2D eigenvalue weighted by molar-refractivity contribution is 0.529. The lowest BCUT2D eigenvalue weighted by atomic mass is 9.88. The fourth-order valence-corrected chi connectivity index (χ4v) is 1.84. The average Bonchev–Trinajstić information content (AvgIpc) is 2.20. The standard InChI is InChI=1S/C12H14FN/c1-9-4-6-10(7-5-9)11-3-2-8-14-12(11)13/h2-3,6,8-9H,4-5,7H2,1H3. The Hall–Kier alpha value is -1.18. The maximum atomic E-state index is 13.3. The van der Waals surface area contributed by atoms with Gasteiger partial charge >= 0.3 is 0 Å². The van der Waals surface area contributed by atoms with Gasteiger partial charge < -0.3 is 0 Å². The summed E-state index contributed by atoms with van der Waals surface area (Å²) >= 11 is 0. The molecule has 1 atom stereocenters. The predicted octanol–water partition coefficient (Wildman–Crippen LogP) is 3.42. The van der Waals surface area contributed by atoms with Gasteiger partial charge in [-0.15, -0.1) is 0 Å². The smallest absolute Gasteiger partial charge is 0.220 e. The first-order valence-electron chi connectivity index (χ1n) is 5.07. The molecule has 74 valence electrons. The van der Waals surface area contributed by atoms with Crippen molar-refractivity contribution in [2.75, 3.05) is 0 Å². The van der Waals surface area contributed by atoms with E-state index in [9.17, 15) is 4.39 Å². The summed E-state index contributed by atoms with van der Waals surface area (Å²) in [5.74, 6) is 0.395. The van der Waals surface area contributed by atoms with Crippen LogP contribution >= 0.6 is 0 Å². The van der Waals surface area contributed by atoms with Gasteiger partial charge in [0.15, 0.2) is 0 Å². The van der Waals surface area contributed by atoms with E-state index in [1.54, 1.807) is 6.07 Å². The maximum absolute atomic E-state index is 13.3. The highest BCUT2D eigenvalue weighted by atomic mass is 19.1. The number of aromatic nitrogens is 1. The molecular weight excluding hydrogens is 177 g/mol. The van der Waals surface area contributed by atoms with Gasteiger partial charge in [0.05, 0.1) is 0 Å². The van der Waals surface area contributed by atoms with Crippen molar-refractivity contribution >= 4 is 5.57 Å². The minimum Gasteiger partial charge on any atom is -0.228 e. The number of nitrogens with zero attached hydrogens (tertiary/aromatic N) is 1. The van der Waals surface area contributed by atoms with Crippen molar-refractivity contribution in [2.45, 2.75) is 26.2 Å². The van der Waals surface area contributed by atoms with Crippen molar-refractivity contribution in [3.63, 3.8) is 0 Å². The number of allylic oxidation sites excluding steroid dienone is 2. The summed E-state index contributed by atoms with van der Waals surface area (Å²) in [5.41, 5.74) is 1.80. The Labute approximate surface area is 83.7 Å². The van der Waals surface area contributed by atoms with E-state index in [1.165, 1.54) is 6.20 Å². The molecule has 1 aliphatic carbocycles. The van der Waals surface area contributed by atoms with Crippen molar-refractivity contribution in [3.8, 4) is 0 Å². The van der Waals surface area contributed by atoms with E-state index in [1.807, 2.05) is 6.07 Å². The minimum atomic E-state index is -0.340. The Morgan fingerprint density at radius 1 is 1.50 bits per heavy atom. The van der Waals surface area contributed by atoms with Crippen molar-refractivity contribution in [2.24, 2.45) is 5.92 Å². The van der Waals surface area contributed by atoms with Gasteiger partial charge in [0, 0.05) is 11.8 Å². The summed E-state index contributed by atoms with van der Waals surface area (Å²) in [6.07, 6.45) is 6.83. The van der Waals surface area contributed by atoms with Gasteiger partial charge in [0.2, 0.25) is 5.95 Å². The first-order valence-corrected chi connectivity index (χ1v) is 5.07. The van der Waals surface area contributed by atoms with Gasteiger partial charge in [-0.05, 0) is 42.9 Å². The van der Waals surface area contributed by atoms with Gasteiger partial charge in [0.25, 0.3) is 0 Å². The lowest BCUT2D eigenvalue weighted by Crippen LogP contribution is -2.02. The van der Waals surface area contributed by atoms with E-state index in [0.29, 0.717) is 5.56 Å². The highest BCUT2D eigenvalue weighted by molar-refractivity contribution is 5.65. The highest BCUT2D eigenvalue weighted by Crippen LogP contribution is 2.30. The molecule has 2 heteroatoms. The third-order valence-corrected chi connectivity index (χ3v) is 2.78. The second-order valence-electron chi connectivity index (χ2n) is 3.95. The molecule has 0 fully saturated rings. The number of halogens is 1. The molecule has 0 bridgehead atoms. The van der Waals surface area contributed by atoms with Crippen LogP contribution in [0.25, 0.3) is 5.57 Å². The molecule has 1 aliphatic rings. The van der Waals surface area contributed by atoms with Crippen LogP contribution in [0.15, 0.2) is 24.4 Å². The van der Waals surface area contributed by atoms with Crippen LogP contribution < -0.4 is 0 Å². The largest absolute Gasteiger partial charge is 0.228 e. The molecule has 0 amide bonds. The number of hydrogen-bond donors (Lipinski definition) is 0. The summed E-state index contributed by atoms with van der Waals surface area (Å²) in [5, 5.41) is 0. The third kappa shape index (κ3) is 1.84. The number of hydrogen-bond acceptors (Lipinski definition) is 1. The molecule has 0 aliphatic heterocycles. The quantitative estimate of drug-likeness (QED) is 0.620. The minimum absolute atomic E-state index is 0.340. The van der Waals surface area contributed by atoms with E-state index >= 15 is 0 Å². The molecule has 1 nitrogen and oxygen atoms in total. The molecule has 1 aromatic rings. The highest BCUT2D eigenvalue weighted by Gasteiger charge is 2.14. The monoisotopic (exact) mass is 191 g/mol. The van der Waals surface area contributed by atoms with Crippen LogP contribution in [0.4, 0.5) is 4.39 Å². The van der Waals surface area contributed by atoms with Crippen LogP contribution in [0.1, 0.15) is 31.7 Å². The van der Waals surface area contributed by atoms with E-state index in [2.05, 4.69) is 18.0 Å². The summed E-state index contributed by atoms with van der Waals surface area (Å²) in [6, 6.07) is 3.60. The molecule has 14 heavy (non-hydrogen) atoms. The molecule has 0 N–H and O–H groups in total. The Bertz CT molecular complexity index is 357. The second-order valence-corrected chi connectivity index (χ2v) is 3.95. The molecule has 0 aromatic carbocycles. The molecule has 1 aromatic heterocycles. The molecule has 2 rings (SSSR count). The Morgan fingerprint density at radius 2 is 2.36 bits per heavy atom. The van der Waals surface area contributed by atoms with Crippen LogP contribution in [0.3, 0.4) is 0 Å². The summed E-state index contributed by atoms with van der Waals surface area (Å²) in [7, 11) is 0. The molecule has 1 unspecified atom stereocenters. The van der Waals surface area contributed by atoms with E-state index in [-0.39, 0.29) is 5.95 Å². The normalized spacial score (nSPS) is 21.9. The molecule has 1 heterocycles. The zero-order chi connectivity index (χ0) is 9.97. The number of pyridine rings is 1. The van der Waals surface area contributed by atoms with E-state index < -0.39 is 0 Å². The zero-order valence-electron chi connectivity index (χ0n) is 8.33. The van der Waals surface area contributed by atoms with Gasteiger partial charge in [-0.25, -0.2) is 4.98 Å². The van der Waals surface area contributed by atoms with Crippen LogP contribution in [-0.2, 0) is 0 Å². The summed E-state index contributed by atoms with van der Waals surface area (Å²) in [6.45, 7) is 2.23. The molecule has 0 spiro atoms. The summed E-state index contributed by atoms with van der Waals surface area (Å²) < 4.78 is 13.3. The van der Waals surface area contributed by atoms with Gasteiger partial charge in [-0.2, -0.15) is 4.39 Å². The van der Waals surface area contributed by atoms with E-state index in [0.717, 1.165) is 30.8 Å². The lowest BCUT2D eigenvalue weighted by Gasteiger charge is -2.18. The Morgan fingerprint density at radius 3 is 3.00 bits per heavy atom. The first kappa shape index (κ1) is 9.38. The number of rotatable bonds is 1. The zero-order valence-corrected chi connectivity index (χ0v) is 8.33. The SMILES string of the molecule is CC1CC=C(c2cccnc2F)CC1. The molecular formula is C12H14FN. The Balaban J connectivity index is 2.28. The van der Waals surface area contributed by atoms with Gasteiger partial charge in [-0.1, -0.05) is 13.0 Å². The van der Waals surface area contributed by atoms with Gasteiger partial charge in [0.1, 0.15) is 0 Å². The van der Waals surface area contributed by atoms with Gasteiger partial charge in [-0.3, -0.25) is 0 Å². The van der Waals surface area contributed by atoms with Crippen molar-refractivity contribution in [3.05, 3.63) is 35.9 Å². The molecule has 0 saturated heterocycles. The maximum Gasteiger partial charge on any atom is 0.220 e.